The minimum atomic E-state index is -0.545. The number of ether oxygens (including phenoxy) is 2. The van der Waals surface area contributed by atoms with Crippen molar-refractivity contribution in [2.75, 3.05) is 32.2 Å². The molecule has 0 atom stereocenters. The molecular weight excluding hydrogens is 478 g/mol. The zero-order chi connectivity index (χ0) is 25.9. The number of hydrogen-bond donors (Lipinski definition) is 0. The number of aromatic nitrogens is 3. The van der Waals surface area contributed by atoms with Crippen LogP contribution >= 0.6 is 0 Å². The number of non-ortho nitro benzene ring substituents is 1. The summed E-state index contributed by atoms with van der Waals surface area (Å²) < 4.78 is 15.8. The zero-order valence-electron chi connectivity index (χ0n) is 20.0. The van der Waals surface area contributed by atoms with Crippen LogP contribution in [0.2, 0.25) is 0 Å². The number of nitrogens with zero attached hydrogens (tertiary/aromatic N) is 5. The maximum absolute atomic E-state index is 13.2. The van der Waals surface area contributed by atoms with E-state index in [9.17, 15) is 14.9 Å². The molecule has 0 N–H and O–H groups in total. The topological polar surface area (TPSA) is 134 Å². The molecule has 2 aromatic heterocycles. The number of carbonyl (C=O) groups is 1. The number of fused-ring (bicyclic) bond motifs is 2. The second kappa shape index (κ2) is 9.90. The Bertz CT molecular complexity index is 1630. The van der Waals surface area contributed by atoms with Crippen molar-refractivity contribution in [2.24, 2.45) is 0 Å². The maximum Gasteiger partial charge on any atom is 0.338 e. The molecule has 5 aromatic rings. The van der Waals surface area contributed by atoms with Crippen LogP contribution in [0.1, 0.15) is 10.4 Å². The normalized spacial score (nSPS) is 11.0. The van der Waals surface area contributed by atoms with Crippen molar-refractivity contribution >= 4 is 39.3 Å². The predicted octanol–water partition coefficient (Wildman–Crippen LogP) is 4.65. The van der Waals surface area contributed by atoms with Crippen molar-refractivity contribution in [3.8, 4) is 17.0 Å². The minimum Gasteiger partial charge on any atom is -0.496 e. The lowest BCUT2D eigenvalue weighted by atomic mass is 10.0. The molecule has 5 rings (SSSR count). The van der Waals surface area contributed by atoms with Gasteiger partial charge in [0, 0.05) is 24.1 Å². The van der Waals surface area contributed by atoms with E-state index in [1.54, 1.807) is 31.2 Å². The molecule has 0 fully saturated rings. The van der Waals surface area contributed by atoms with E-state index in [4.69, 9.17) is 19.1 Å². The van der Waals surface area contributed by atoms with Crippen molar-refractivity contribution in [3.05, 3.63) is 82.4 Å². The highest BCUT2D eigenvalue weighted by Gasteiger charge is 2.22. The quantitative estimate of drug-likeness (QED) is 0.169. The van der Waals surface area contributed by atoms with Gasteiger partial charge in [-0.15, -0.1) is 0 Å². The van der Waals surface area contributed by atoms with Crippen LogP contribution in [0.4, 0.5) is 11.4 Å². The van der Waals surface area contributed by atoms with Gasteiger partial charge < -0.3 is 14.4 Å². The van der Waals surface area contributed by atoms with Crippen molar-refractivity contribution in [1.82, 2.24) is 15.3 Å². The fourth-order valence-electron chi connectivity index (χ4n) is 4.11. The molecule has 0 bridgehead atoms. The van der Waals surface area contributed by atoms with Crippen molar-refractivity contribution < 1.29 is 23.8 Å². The summed E-state index contributed by atoms with van der Waals surface area (Å²) in [6, 6.07) is 19.4. The predicted molar refractivity (Wildman–Crippen MR) is 136 cm³/mol. The molecule has 11 heteroatoms. The van der Waals surface area contributed by atoms with Crippen LogP contribution in [0, 0.1) is 10.1 Å². The van der Waals surface area contributed by atoms with Gasteiger partial charge in [-0.3, -0.25) is 10.1 Å². The Morgan fingerprint density at radius 3 is 2.62 bits per heavy atom. The van der Waals surface area contributed by atoms with E-state index >= 15 is 0 Å². The summed E-state index contributed by atoms with van der Waals surface area (Å²) in [5.41, 5.74) is 3.05. The summed E-state index contributed by atoms with van der Waals surface area (Å²) in [5.74, 6) is 0.142. The highest BCUT2D eigenvalue weighted by Crippen LogP contribution is 2.32. The van der Waals surface area contributed by atoms with Crippen LogP contribution in [0.5, 0.6) is 5.75 Å². The smallest absolute Gasteiger partial charge is 0.338 e. The molecule has 0 aliphatic carbocycles. The number of methoxy groups -OCH3 is 1. The number of carbonyl (C=O) groups excluding carboxylic acids is 1. The van der Waals surface area contributed by atoms with Gasteiger partial charge in [0.25, 0.3) is 0 Å². The molecule has 37 heavy (non-hydrogen) atoms. The summed E-state index contributed by atoms with van der Waals surface area (Å²) in [4.78, 5) is 30.4. The Balaban J connectivity index is 1.38. The number of nitro groups is 1. The molecule has 0 amide bonds. The minimum absolute atomic E-state index is 0.0541. The number of hydrogen-bond acceptors (Lipinski definition) is 10. The van der Waals surface area contributed by atoms with Gasteiger partial charge in [0.1, 0.15) is 12.4 Å². The van der Waals surface area contributed by atoms with E-state index in [1.165, 1.54) is 6.07 Å². The van der Waals surface area contributed by atoms with E-state index in [0.717, 1.165) is 5.56 Å². The molecule has 0 aliphatic rings. The number of benzene rings is 3. The number of para-hydroxylation sites is 2. The van der Waals surface area contributed by atoms with Crippen molar-refractivity contribution in [2.45, 2.75) is 0 Å². The Morgan fingerprint density at radius 2 is 1.81 bits per heavy atom. The molecule has 0 saturated carbocycles. The van der Waals surface area contributed by atoms with Gasteiger partial charge in [0.15, 0.2) is 5.52 Å². The maximum atomic E-state index is 13.2. The van der Waals surface area contributed by atoms with E-state index in [-0.39, 0.29) is 23.3 Å². The molecule has 3 aromatic carbocycles. The van der Waals surface area contributed by atoms with Gasteiger partial charge in [-0.1, -0.05) is 30.3 Å². The SMILES string of the molecule is COc1ccccc1-c1cc(C(=O)OCCN(C)c2ccc([N+](=O)[O-])c3nonc23)c2ccccc2n1. The first-order chi connectivity index (χ1) is 18.0. The summed E-state index contributed by atoms with van der Waals surface area (Å²) in [6.45, 7) is 0.355. The molecule has 11 nitrogen and oxygen atoms in total. The summed E-state index contributed by atoms with van der Waals surface area (Å²) in [7, 11) is 3.34. The molecule has 0 aliphatic heterocycles. The molecular formula is C26H21N5O6. The third-order valence-electron chi connectivity index (χ3n) is 5.96. The van der Waals surface area contributed by atoms with Gasteiger partial charge >= 0.3 is 11.7 Å². The number of likely N-dealkylation sites (N-methyl/N-ethyl adjacent to an activating group) is 1. The van der Waals surface area contributed by atoms with Crippen LogP contribution in [-0.2, 0) is 4.74 Å². The molecule has 186 valence electrons. The molecule has 0 unspecified atom stereocenters. The Labute approximate surface area is 210 Å². The van der Waals surface area contributed by atoms with Crippen LogP contribution in [-0.4, -0.2) is 53.5 Å². The first-order valence-corrected chi connectivity index (χ1v) is 11.3. The highest BCUT2D eigenvalue weighted by atomic mass is 16.6. The largest absolute Gasteiger partial charge is 0.496 e. The van der Waals surface area contributed by atoms with Crippen LogP contribution in [0.3, 0.4) is 0 Å². The average Bonchev–Trinajstić information content (AvgIpc) is 3.41. The van der Waals surface area contributed by atoms with Crippen molar-refractivity contribution in [3.63, 3.8) is 0 Å². The lowest BCUT2D eigenvalue weighted by molar-refractivity contribution is -0.383. The van der Waals surface area contributed by atoms with E-state index in [2.05, 4.69) is 10.3 Å². The van der Waals surface area contributed by atoms with Gasteiger partial charge in [-0.2, -0.15) is 0 Å². The fraction of sp³-hybridized carbons (Fsp3) is 0.154. The van der Waals surface area contributed by atoms with E-state index in [0.29, 0.717) is 40.1 Å². The standard InChI is InChI=1S/C26H21N5O6/c1-30(21-11-12-22(31(33)34)25-24(21)28-37-29-25)13-14-36-26(32)18-15-20(17-8-4-6-10-23(17)35-2)27-19-9-5-3-7-16(18)19/h3-12,15H,13-14H2,1-2H3. The van der Waals surface area contributed by atoms with E-state index < -0.39 is 10.9 Å². The highest BCUT2D eigenvalue weighted by molar-refractivity contribution is 6.04. The van der Waals surface area contributed by atoms with E-state index in [1.807, 2.05) is 48.5 Å². The summed E-state index contributed by atoms with van der Waals surface area (Å²) in [6.07, 6.45) is 0. The first-order valence-electron chi connectivity index (χ1n) is 11.3. The lowest BCUT2D eigenvalue weighted by Gasteiger charge is -2.19. The monoisotopic (exact) mass is 499 g/mol. The van der Waals surface area contributed by atoms with Gasteiger partial charge in [-0.25, -0.2) is 14.4 Å². The number of anilines is 1. The molecule has 0 saturated heterocycles. The number of pyridine rings is 1. The third kappa shape index (κ3) is 4.49. The van der Waals surface area contributed by atoms with Crippen LogP contribution in [0.25, 0.3) is 33.2 Å². The number of rotatable bonds is 8. The molecule has 0 spiro atoms. The molecule has 2 heterocycles. The zero-order valence-corrected chi connectivity index (χ0v) is 20.0. The first kappa shape index (κ1) is 23.7. The van der Waals surface area contributed by atoms with Gasteiger partial charge in [0.05, 0.1) is 41.0 Å². The second-order valence-corrected chi connectivity index (χ2v) is 8.15. The van der Waals surface area contributed by atoms with Gasteiger partial charge in [0.2, 0.25) is 5.52 Å². The summed E-state index contributed by atoms with van der Waals surface area (Å²) in [5, 5.41) is 19.4. The van der Waals surface area contributed by atoms with Crippen molar-refractivity contribution in [1.29, 1.82) is 0 Å². The lowest BCUT2D eigenvalue weighted by Crippen LogP contribution is -2.24. The Kier molecular flexibility index (Phi) is 6.33. The van der Waals surface area contributed by atoms with Crippen LogP contribution in [0.15, 0.2) is 71.4 Å². The number of nitro benzene ring substituents is 1. The number of esters is 1. The summed E-state index contributed by atoms with van der Waals surface area (Å²) >= 11 is 0. The third-order valence-corrected chi connectivity index (χ3v) is 5.96. The van der Waals surface area contributed by atoms with Crippen LogP contribution < -0.4 is 9.64 Å². The van der Waals surface area contributed by atoms with Gasteiger partial charge in [-0.05, 0) is 40.6 Å². The fourth-order valence-corrected chi connectivity index (χ4v) is 4.11. The Hall–Kier alpha value is -5.06. The average molecular weight is 499 g/mol. The second-order valence-electron chi connectivity index (χ2n) is 8.15. The molecule has 0 radical (unpaired) electrons. The Morgan fingerprint density at radius 1 is 1.05 bits per heavy atom.